The molecule has 2 heterocycles. The molecule has 0 aliphatic carbocycles. The standard InChI is InChI=1S/C12H17N3O3S/c1-7-9(10(19-2)14-12(18)13-7)11(17)15-5-3-4-8(16)6-15/h8,16H,3-6H2,1-2H3,(H,13,14,18). The van der Waals surface area contributed by atoms with Crippen LogP contribution in [0.4, 0.5) is 0 Å². The van der Waals surface area contributed by atoms with Crippen LogP contribution in [0.15, 0.2) is 9.82 Å². The summed E-state index contributed by atoms with van der Waals surface area (Å²) in [5.41, 5.74) is 0.507. The summed E-state index contributed by atoms with van der Waals surface area (Å²) in [6, 6.07) is 0. The van der Waals surface area contributed by atoms with Crippen LogP contribution in [-0.2, 0) is 0 Å². The number of likely N-dealkylation sites (tertiary alicyclic amines) is 1. The first kappa shape index (κ1) is 14.1. The van der Waals surface area contributed by atoms with Gasteiger partial charge >= 0.3 is 5.69 Å². The normalized spacial score (nSPS) is 19.5. The first-order valence-corrected chi connectivity index (χ1v) is 7.37. The fourth-order valence-electron chi connectivity index (χ4n) is 2.26. The molecule has 104 valence electrons. The summed E-state index contributed by atoms with van der Waals surface area (Å²) in [4.78, 5) is 31.8. The number of aromatic nitrogens is 2. The SMILES string of the molecule is CSc1nc(=O)[nH]c(C)c1C(=O)N1CCCC(O)C1. The van der Waals surface area contributed by atoms with Crippen molar-refractivity contribution < 1.29 is 9.90 Å². The first-order valence-electron chi connectivity index (χ1n) is 6.15. The Kier molecular flexibility index (Phi) is 4.26. The molecule has 0 aromatic carbocycles. The highest BCUT2D eigenvalue weighted by atomic mass is 32.2. The highest BCUT2D eigenvalue weighted by molar-refractivity contribution is 7.98. The number of aliphatic hydroxyl groups excluding tert-OH is 1. The van der Waals surface area contributed by atoms with Gasteiger partial charge < -0.3 is 15.0 Å². The van der Waals surface area contributed by atoms with E-state index in [4.69, 9.17) is 0 Å². The van der Waals surface area contributed by atoms with Gasteiger partial charge in [0.05, 0.1) is 11.7 Å². The van der Waals surface area contributed by atoms with Crippen molar-refractivity contribution >= 4 is 17.7 Å². The number of thioether (sulfide) groups is 1. The predicted molar refractivity (Wildman–Crippen MR) is 72.5 cm³/mol. The molecule has 7 heteroatoms. The number of aryl methyl sites for hydroxylation is 1. The van der Waals surface area contributed by atoms with E-state index in [0.717, 1.165) is 12.8 Å². The van der Waals surface area contributed by atoms with Crippen molar-refractivity contribution in [2.24, 2.45) is 0 Å². The van der Waals surface area contributed by atoms with Crippen LogP contribution in [0.25, 0.3) is 0 Å². The van der Waals surface area contributed by atoms with Crippen LogP contribution in [0, 0.1) is 6.92 Å². The molecule has 0 saturated carbocycles. The summed E-state index contributed by atoms with van der Waals surface area (Å²) in [5.74, 6) is -0.177. The van der Waals surface area contributed by atoms with E-state index in [0.29, 0.717) is 29.4 Å². The van der Waals surface area contributed by atoms with Crippen molar-refractivity contribution in [2.45, 2.75) is 30.9 Å². The number of hydrogen-bond acceptors (Lipinski definition) is 5. The minimum atomic E-state index is -0.466. The average molecular weight is 283 g/mol. The molecule has 6 nitrogen and oxygen atoms in total. The molecule has 0 radical (unpaired) electrons. The molecule has 1 aromatic heterocycles. The van der Waals surface area contributed by atoms with E-state index in [-0.39, 0.29) is 5.91 Å². The molecule has 1 fully saturated rings. The highest BCUT2D eigenvalue weighted by Gasteiger charge is 2.26. The second kappa shape index (κ2) is 5.75. The smallest absolute Gasteiger partial charge is 0.346 e. The van der Waals surface area contributed by atoms with Crippen LogP contribution < -0.4 is 5.69 Å². The monoisotopic (exact) mass is 283 g/mol. The molecule has 1 aromatic rings. The summed E-state index contributed by atoms with van der Waals surface area (Å²) in [6.07, 6.45) is 2.83. The lowest BCUT2D eigenvalue weighted by Gasteiger charge is -2.30. The second-order valence-corrected chi connectivity index (χ2v) is 5.39. The fourth-order valence-corrected chi connectivity index (χ4v) is 2.87. The van der Waals surface area contributed by atoms with Crippen LogP contribution in [0.1, 0.15) is 28.9 Å². The van der Waals surface area contributed by atoms with Gasteiger partial charge in [-0.05, 0) is 26.0 Å². The van der Waals surface area contributed by atoms with Crippen LogP contribution in [0.3, 0.4) is 0 Å². The van der Waals surface area contributed by atoms with E-state index in [1.54, 1.807) is 18.1 Å². The summed E-state index contributed by atoms with van der Waals surface area (Å²) in [6.45, 7) is 2.66. The van der Waals surface area contributed by atoms with Crippen LogP contribution >= 0.6 is 11.8 Å². The van der Waals surface area contributed by atoms with Crippen LogP contribution in [0.2, 0.25) is 0 Å². The van der Waals surface area contributed by atoms with Gasteiger partial charge in [-0.2, -0.15) is 4.98 Å². The average Bonchev–Trinajstić information content (AvgIpc) is 2.37. The van der Waals surface area contributed by atoms with Crippen molar-refractivity contribution in [3.05, 3.63) is 21.7 Å². The number of nitrogens with zero attached hydrogens (tertiary/aromatic N) is 2. The number of hydrogen-bond donors (Lipinski definition) is 2. The number of carbonyl (C=O) groups excluding carboxylic acids is 1. The van der Waals surface area contributed by atoms with Gasteiger partial charge in [-0.1, -0.05) is 0 Å². The van der Waals surface area contributed by atoms with Gasteiger partial charge in [0.1, 0.15) is 5.03 Å². The molecule has 1 amide bonds. The Morgan fingerprint density at radius 2 is 2.32 bits per heavy atom. The Hall–Kier alpha value is -1.34. The summed E-state index contributed by atoms with van der Waals surface area (Å²) < 4.78 is 0. The Balaban J connectivity index is 2.35. The maximum atomic E-state index is 12.5. The molecular weight excluding hydrogens is 266 g/mol. The van der Waals surface area contributed by atoms with E-state index in [9.17, 15) is 14.7 Å². The molecule has 19 heavy (non-hydrogen) atoms. The number of H-pyrrole nitrogens is 1. The third kappa shape index (κ3) is 2.98. The largest absolute Gasteiger partial charge is 0.391 e. The van der Waals surface area contributed by atoms with E-state index in [1.165, 1.54) is 11.8 Å². The number of nitrogens with one attached hydrogen (secondary N) is 1. The Bertz CT molecular complexity index is 544. The Labute approximate surface area is 115 Å². The van der Waals surface area contributed by atoms with Gasteiger partial charge in [0.25, 0.3) is 5.91 Å². The molecule has 2 N–H and O–H groups in total. The third-order valence-corrected chi connectivity index (χ3v) is 3.86. The molecule has 2 rings (SSSR count). The number of aromatic amines is 1. The lowest BCUT2D eigenvalue weighted by atomic mass is 10.1. The Morgan fingerprint density at radius 3 is 2.95 bits per heavy atom. The minimum Gasteiger partial charge on any atom is -0.391 e. The van der Waals surface area contributed by atoms with E-state index in [1.807, 2.05) is 0 Å². The highest BCUT2D eigenvalue weighted by Crippen LogP contribution is 2.21. The summed E-state index contributed by atoms with van der Waals surface area (Å²) >= 11 is 1.28. The molecule has 1 atom stereocenters. The van der Waals surface area contributed by atoms with Gasteiger partial charge in [-0.15, -0.1) is 11.8 Å². The number of rotatable bonds is 2. The van der Waals surface area contributed by atoms with Gasteiger partial charge in [-0.25, -0.2) is 4.79 Å². The molecule has 1 unspecified atom stereocenters. The zero-order chi connectivity index (χ0) is 14.0. The Morgan fingerprint density at radius 1 is 1.58 bits per heavy atom. The maximum Gasteiger partial charge on any atom is 0.346 e. The van der Waals surface area contributed by atoms with Crippen molar-refractivity contribution in [1.29, 1.82) is 0 Å². The molecule has 0 bridgehead atoms. The summed E-state index contributed by atoms with van der Waals surface area (Å²) in [7, 11) is 0. The van der Waals surface area contributed by atoms with Gasteiger partial charge in [0.15, 0.2) is 0 Å². The second-order valence-electron chi connectivity index (χ2n) is 4.60. The van der Waals surface area contributed by atoms with E-state index < -0.39 is 11.8 Å². The first-order chi connectivity index (χ1) is 9.02. The number of amides is 1. The zero-order valence-electron chi connectivity index (χ0n) is 11.0. The third-order valence-electron chi connectivity index (χ3n) is 3.18. The zero-order valence-corrected chi connectivity index (χ0v) is 11.8. The van der Waals surface area contributed by atoms with Gasteiger partial charge in [-0.3, -0.25) is 4.79 Å². The quantitative estimate of drug-likeness (QED) is 0.606. The van der Waals surface area contributed by atoms with Crippen molar-refractivity contribution in [3.63, 3.8) is 0 Å². The van der Waals surface area contributed by atoms with E-state index in [2.05, 4.69) is 9.97 Å². The lowest BCUT2D eigenvalue weighted by molar-refractivity contribution is 0.0469. The van der Waals surface area contributed by atoms with Gasteiger partial charge in [0.2, 0.25) is 0 Å². The number of β-amino-alcohol motifs (C(OH)–C–C–N with tert-alkyl or cyclic N) is 1. The summed E-state index contributed by atoms with van der Waals surface area (Å²) in [5, 5.41) is 10.1. The molecule has 0 spiro atoms. The molecular formula is C12H17N3O3S. The maximum absolute atomic E-state index is 12.5. The molecule has 1 aliphatic heterocycles. The predicted octanol–water partition coefficient (Wildman–Crippen LogP) is 0.397. The number of carbonyl (C=O) groups is 1. The fraction of sp³-hybridized carbons (Fsp3) is 0.583. The lowest BCUT2D eigenvalue weighted by Crippen LogP contribution is -2.43. The van der Waals surface area contributed by atoms with E-state index >= 15 is 0 Å². The minimum absolute atomic E-state index is 0.177. The van der Waals surface area contributed by atoms with Crippen LogP contribution in [0.5, 0.6) is 0 Å². The van der Waals surface area contributed by atoms with Crippen molar-refractivity contribution in [1.82, 2.24) is 14.9 Å². The molecule has 1 saturated heterocycles. The topological polar surface area (TPSA) is 86.3 Å². The molecule has 1 aliphatic rings. The number of aliphatic hydroxyl groups is 1. The van der Waals surface area contributed by atoms with Crippen molar-refractivity contribution in [3.8, 4) is 0 Å². The van der Waals surface area contributed by atoms with Crippen LogP contribution in [-0.4, -0.2) is 51.3 Å². The van der Waals surface area contributed by atoms with Gasteiger partial charge in [0, 0.05) is 18.8 Å². The van der Waals surface area contributed by atoms with Crippen molar-refractivity contribution in [2.75, 3.05) is 19.3 Å². The number of piperidine rings is 1.